The Morgan fingerprint density at radius 1 is 1.38 bits per heavy atom. The van der Waals surface area contributed by atoms with E-state index in [4.69, 9.17) is 9.47 Å². The smallest absolute Gasteiger partial charge is 0.330 e. The lowest BCUT2D eigenvalue weighted by atomic mass is 10.3. The lowest BCUT2D eigenvalue weighted by Crippen LogP contribution is -2.04. The number of carbonyl (C=O) groups is 1. The first-order valence-electron chi connectivity index (χ1n) is 4.17. The zero-order valence-corrected chi connectivity index (χ0v) is 7.95. The molecule has 0 aromatic carbocycles. The van der Waals surface area contributed by atoms with Crippen molar-refractivity contribution < 1.29 is 19.0 Å². The van der Waals surface area contributed by atoms with E-state index in [0.29, 0.717) is 20.0 Å². The third-order valence-electron chi connectivity index (χ3n) is 1.30. The molecule has 4 heteroatoms. The van der Waals surface area contributed by atoms with Gasteiger partial charge in [-0.15, -0.1) is 0 Å². The van der Waals surface area contributed by atoms with Crippen molar-refractivity contribution in [3.8, 4) is 0 Å². The molecule has 0 aliphatic heterocycles. The topological polar surface area (TPSA) is 44.8 Å². The molecular weight excluding hydrogens is 172 g/mol. The molecule has 0 bridgehead atoms. The van der Waals surface area contributed by atoms with Crippen LogP contribution in [0.15, 0.2) is 12.7 Å². The summed E-state index contributed by atoms with van der Waals surface area (Å²) in [7, 11) is 1.58. The van der Waals surface area contributed by atoms with Crippen LogP contribution in [-0.4, -0.2) is 33.1 Å². The average molecular weight is 188 g/mol. The largest absolute Gasteiger partial charge is 0.463 e. The minimum absolute atomic E-state index is 0.312. The van der Waals surface area contributed by atoms with Gasteiger partial charge >= 0.3 is 5.97 Å². The molecule has 0 aliphatic rings. The molecule has 0 heterocycles. The highest BCUT2D eigenvalue weighted by molar-refractivity contribution is 5.81. The second-order valence-electron chi connectivity index (χ2n) is 2.39. The van der Waals surface area contributed by atoms with Crippen LogP contribution in [0.2, 0.25) is 0 Å². The van der Waals surface area contributed by atoms with Gasteiger partial charge in [0, 0.05) is 19.8 Å². The predicted molar refractivity (Wildman–Crippen MR) is 48.2 cm³/mol. The van der Waals surface area contributed by atoms with Gasteiger partial charge in [-0.2, -0.15) is 0 Å². The molecule has 0 aromatic heterocycles. The van der Waals surface area contributed by atoms with E-state index in [9.17, 15) is 4.79 Å². The number of methoxy groups -OCH3 is 1. The van der Waals surface area contributed by atoms with E-state index in [0.717, 1.165) is 18.9 Å². The number of hydrogen-bond donors (Lipinski definition) is 0. The molecular formula is C9H16O4. The fraction of sp³-hybridized carbons (Fsp3) is 0.667. The van der Waals surface area contributed by atoms with Crippen LogP contribution in [0.5, 0.6) is 0 Å². The lowest BCUT2D eigenvalue weighted by Gasteiger charge is -2.02. The van der Waals surface area contributed by atoms with Gasteiger partial charge in [0.15, 0.2) is 0 Å². The Bertz CT molecular complexity index is 145. The second-order valence-corrected chi connectivity index (χ2v) is 2.39. The van der Waals surface area contributed by atoms with Crippen LogP contribution in [0.3, 0.4) is 0 Å². The van der Waals surface area contributed by atoms with Crippen molar-refractivity contribution in [2.45, 2.75) is 12.8 Å². The van der Waals surface area contributed by atoms with Gasteiger partial charge in [0.1, 0.15) is 6.79 Å². The molecule has 0 spiro atoms. The zero-order valence-electron chi connectivity index (χ0n) is 7.95. The van der Waals surface area contributed by atoms with Crippen LogP contribution in [0.1, 0.15) is 12.8 Å². The van der Waals surface area contributed by atoms with Crippen LogP contribution < -0.4 is 0 Å². The summed E-state index contributed by atoms with van der Waals surface area (Å²) in [4.78, 5) is 10.6. The molecule has 0 unspecified atom stereocenters. The molecule has 0 N–H and O–H groups in total. The summed E-state index contributed by atoms with van der Waals surface area (Å²) in [5.41, 5.74) is 0. The Morgan fingerprint density at radius 2 is 2.08 bits per heavy atom. The standard InChI is InChI=1S/C9H16O4/c1-3-9(10)13-7-5-4-6-12-8-11-2/h3H,1,4-8H2,2H3. The molecule has 0 aliphatic carbocycles. The third-order valence-corrected chi connectivity index (χ3v) is 1.30. The first-order chi connectivity index (χ1) is 6.31. The summed E-state index contributed by atoms with van der Waals surface area (Å²) in [6, 6.07) is 0. The Labute approximate surface area is 78.5 Å². The molecule has 0 amide bonds. The van der Waals surface area contributed by atoms with E-state index in [1.807, 2.05) is 0 Å². The number of rotatable bonds is 8. The van der Waals surface area contributed by atoms with Crippen molar-refractivity contribution in [2.24, 2.45) is 0 Å². The number of hydrogen-bond acceptors (Lipinski definition) is 4. The summed E-state index contributed by atoms with van der Waals surface area (Å²) in [5.74, 6) is -0.377. The highest BCUT2D eigenvalue weighted by Crippen LogP contribution is 1.92. The van der Waals surface area contributed by atoms with Gasteiger partial charge in [-0.1, -0.05) is 6.58 Å². The van der Waals surface area contributed by atoms with Gasteiger partial charge in [-0.3, -0.25) is 0 Å². The van der Waals surface area contributed by atoms with E-state index in [1.165, 1.54) is 0 Å². The quantitative estimate of drug-likeness (QED) is 0.248. The third kappa shape index (κ3) is 9.04. The van der Waals surface area contributed by atoms with E-state index in [-0.39, 0.29) is 5.97 Å². The summed E-state index contributed by atoms with van der Waals surface area (Å²) in [5, 5.41) is 0. The normalized spacial score (nSPS) is 9.62. The number of esters is 1. The summed E-state index contributed by atoms with van der Waals surface area (Å²) in [6.45, 7) is 4.64. The molecule has 0 rings (SSSR count). The zero-order chi connectivity index (χ0) is 9.94. The summed E-state index contributed by atoms with van der Waals surface area (Å²) < 4.78 is 14.5. The Morgan fingerprint density at radius 3 is 2.69 bits per heavy atom. The second kappa shape index (κ2) is 9.22. The van der Waals surface area contributed by atoms with Gasteiger partial charge in [0.2, 0.25) is 0 Å². The first kappa shape index (κ1) is 12.1. The molecule has 0 saturated heterocycles. The van der Waals surface area contributed by atoms with Gasteiger partial charge in [0.25, 0.3) is 0 Å². The number of ether oxygens (including phenoxy) is 3. The maximum absolute atomic E-state index is 10.6. The molecule has 4 nitrogen and oxygen atoms in total. The average Bonchev–Trinajstić information content (AvgIpc) is 2.16. The van der Waals surface area contributed by atoms with Gasteiger partial charge < -0.3 is 14.2 Å². The van der Waals surface area contributed by atoms with E-state index in [2.05, 4.69) is 11.3 Å². The highest BCUT2D eigenvalue weighted by Gasteiger charge is 1.94. The van der Waals surface area contributed by atoms with E-state index < -0.39 is 0 Å². The van der Waals surface area contributed by atoms with Crippen molar-refractivity contribution in [1.82, 2.24) is 0 Å². The first-order valence-corrected chi connectivity index (χ1v) is 4.17. The van der Waals surface area contributed by atoms with Gasteiger partial charge in [-0.25, -0.2) is 4.79 Å². The van der Waals surface area contributed by atoms with Crippen LogP contribution in [0.25, 0.3) is 0 Å². The van der Waals surface area contributed by atoms with Crippen LogP contribution in [0.4, 0.5) is 0 Å². The van der Waals surface area contributed by atoms with Crippen molar-refractivity contribution in [3.05, 3.63) is 12.7 Å². The molecule has 0 radical (unpaired) electrons. The van der Waals surface area contributed by atoms with Crippen LogP contribution >= 0.6 is 0 Å². The molecule has 0 aromatic rings. The van der Waals surface area contributed by atoms with E-state index >= 15 is 0 Å². The minimum atomic E-state index is -0.377. The SMILES string of the molecule is C=CC(=O)OCCCCOCOC. The van der Waals surface area contributed by atoms with E-state index in [1.54, 1.807) is 7.11 Å². The van der Waals surface area contributed by atoms with Crippen molar-refractivity contribution in [2.75, 3.05) is 27.1 Å². The van der Waals surface area contributed by atoms with Gasteiger partial charge in [-0.05, 0) is 12.8 Å². The van der Waals surface area contributed by atoms with Crippen LogP contribution in [-0.2, 0) is 19.0 Å². The van der Waals surface area contributed by atoms with Gasteiger partial charge in [0.05, 0.1) is 6.61 Å². The Hall–Kier alpha value is -0.870. The summed E-state index contributed by atoms with van der Waals surface area (Å²) >= 11 is 0. The maximum Gasteiger partial charge on any atom is 0.330 e. The maximum atomic E-state index is 10.6. The molecule has 0 saturated carbocycles. The fourth-order valence-electron chi connectivity index (χ4n) is 0.680. The Kier molecular flexibility index (Phi) is 8.60. The molecule has 0 fully saturated rings. The highest BCUT2D eigenvalue weighted by atomic mass is 16.7. The van der Waals surface area contributed by atoms with Crippen molar-refractivity contribution >= 4 is 5.97 Å². The Balaban J connectivity index is 2.99. The monoisotopic (exact) mass is 188 g/mol. The van der Waals surface area contributed by atoms with Crippen molar-refractivity contribution in [3.63, 3.8) is 0 Å². The molecule has 0 atom stereocenters. The molecule has 76 valence electrons. The molecule has 13 heavy (non-hydrogen) atoms. The number of carbonyl (C=O) groups excluding carboxylic acids is 1. The fourth-order valence-corrected chi connectivity index (χ4v) is 0.680. The minimum Gasteiger partial charge on any atom is -0.463 e. The number of unbranched alkanes of at least 4 members (excludes halogenated alkanes) is 1. The van der Waals surface area contributed by atoms with Crippen molar-refractivity contribution in [1.29, 1.82) is 0 Å². The summed E-state index contributed by atoms with van der Waals surface area (Å²) in [6.07, 6.45) is 2.80. The van der Waals surface area contributed by atoms with Crippen LogP contribution in [0, 0.1) is 0 Å². The lowest BCUT2D eigenvalue weighted by molar-refractivity contribution is -0.138. The predicted octanol–water partition coefficient (Wildman–Crippen LogP) is 1.12.